The number of likely N-dealkylation sites (N-methyl/N-ethyl adjacent to an activating group) is 1. The number of hydrogen-bond acceptors (Lipinski definition) is 2. The lowest BCUT2D eigenvalue weighted by atomic mass is 9.91. The maximum atomic E-state index is 9.97. The van der Waals surface area contributed by atoms with Crippen molar-refractivity contribution < 1.29 is 5.11 Å². The molecule has 0 saturated carbocycles. The Morgan fingerprint density at radius 2 is 2.10 bits per heavy atom. The van der Waals surface area contributed by atoms with E-state index in [1.54, 1.807) is 0 Å². The smallest absolute Gasteiger partial charge is 0.134 e. The van der Waals surface area contributed by atoms with Crippen LogP contribution >= 0.6 is 11.6 Å². The summed E-state index contributed by atoms with van der Waals surface area (Å²) in [4.78, 5) is 2.34. The first-order valence-electron chi connectivity index (χ1n) is 6.87. The molecule has 3 nitrogen and oxygen atoms in total. The molecule has 3 rings (SSSR count). The van der Waals surface area contributed by atoms with Gasteiger partial charge in [0.05, 0.1) is 5.02 Å². The summed E-state index contributed by atoms with van der Waals surface area (Å²) in [5.74, 6) is 0.440. The maximum Gasteiger partial charge on any atom is 0.134 e. The molecule has 0 bridgehead atoms. The molecule has 1 aromatic carbocycles. The monoisotopic (exact) mass is 290 g/mol. The van der Waals surface area contributed by atoms with Gasteiger partial charge < -0.3 is 14.6 Å². The summed E-state index contributed by atoms with van der Waals surface area (Å²) in [5, 5.41) is 10.4. The molecular formula is C16H19ClN2O. The first-order chi connectivity index (χ1) is 9.56. The van der Waals surface area contributed by atoms with Crippen LogP contribution in [0.5, 0.6) is 5.75 Å². The lowest BCUT2D eigenvalue weighted by Crippen LogP contribution is -2.25. The summed E-state index contributed by atoms with van der Waals surface area (Å²) >= 11 is 6.07. The Kier molecular flexibility index (Phi) is 3.48. The first kappa shape index (κ1) is 13.5. The van der Waals surface area contributed by atoms with E-state index in [4.69, 9.17) is 11.6 Å². The molecular weight excluding hydrogens is 272 g/mol. The highest BCUT2D eigenvalue weighted by molar-refractivity contribution is 6.32. The minimum absolute atomic E-state index is 0.175. The van der Waals surface area contributed by atoms with Gasteiger partial charge in [0.2, 0.25) is 0 Å². The summed E-state index contributed by atoms with van der Waals surface area (Å²) in [5.41, 5.74) is 3.70. The molecule has 0 spiro atoms. The molecule has 0 fully saturated rings. The Hall–Kier alpha value is -1.45. The van der Waals surface area contributed by atoms with E-state index in [1.807, 2.05) is 12.1 Å². The Balaban J connectivity index is 2.14. The largest absolute Gasteiger partial charge is 0.506 e. The molecule has 4 heteroatoms. The second-order valence-corrected chi connectivity index (χ2v) is 6.02. The number of halogens is 1. The van der Waals surface area contributed by atoms with Gasteiger partial charge in [-0.3, -0.25) is 0 Å². The van der Waals surface area contributed by atoms with E-state index < -0.39 is 0 Å². The van der Waals surface area contributed by atoms with Crippen molar-refractivity contribution in [3.63, 3.8) is 0 Å². The molecule has 0 radical (unpaired) electrons. The fraction of sp³-hybridized carbons (Fsp3) is 0.375. The summed E-state index contributed by atoms with van der Waals surface area (Å²) in [6, 6.07) is 7.98. The van der Waals surface area contributed by atoms with Crippen molar-refractivity contribution >= 4 is 11.6 Å². The van der Waals surface area contributed by atoms with Crippen LogP contribution in [-0.4, -0.2) is 34.7 Å². The van der Waals surface area contributed by atoms with Crippen molar-refractivity contribution in [1.82, 2.24) is 9.47 Å². The van der Waals surface area contributed by atoms with Crippen LogP contribution in [0.25, 0.3) is 0 Å². The number of phenolic OH excluding ortho intramolecular Hbond substituents is 1. The zero-order valence-electron chi connectivity index (χ0n) is 11.8. The van der Waals surface area contributed by atoms with Crippen LogP contribution in [0.2, 0.25) is 5.02 Å². The minimum atomic E-state index is 0.175. The number of phenols is 1. The lowest BCUT2D eigenvalue weighted by molar-refractivity contribution is 0.335. The standard InChI is InChI=1S/C16H19ClN2O/c1-18-7-5-11-8-14(17)16(20)9-12(11)13(10-18)15-4-3-6-19(15)2/h3-4,6,8-9,13,20H,5,7,10H2,1-2H3. The predicted molar refractivity (Wildman–Crippen MR) is 81.6 cm³/mol. The van der Waals surface area contributed by atoms with E-state index in [1.165, 1.54) is 16.8 Å². The van der Waals surface area contributed by atoms with Crippen LogP contribution in [-0.2, 0) is 13.5 Å². The number of rotatable bonds is 1. The van der Waals surface area contributed by atoms with E-state index in [0.29, 0.717) is 5.02 Å². The third-order valence-corrected chi connectivity index (χ3v) is 4.48. The van der Waals surface area contributed by atoms with E-state index in [2.05, 4.69) is 41.9 Å². The molecule has 1 aliphatic rings. The molecule has 1 aromatic heterocycles. The van der Waals surface area contributed by atoms with Gasteiger partial charge in [-0.05, 0) is 48.9 Å². The molecule has 1 atom stereocenters. The van der Waals surface area contributed by atoms with Gasteiger partial charge >= 0.3 is 0 Å². The highest BCUT2D eigenvalue weighted by atomic mass is 35.5. The van der Waals surface area contributed by atoms with Crippen molar-refractivity contribution in [3.8, 4) is 5.75 Å². The minimum Gasteiger partial charge on any atom is -0.506 e. The lowest BCUT2D eigenvalue weighted by Gasteiger charge is -2.22. The molecule has 106 valence electrons. The Bertz CT molecular complexity index is 635. The Morgan fingerprint density at radius 1 is 1.30 bits per heavy atom. The van der Waals surface area contributed by atoms with Crippen LogP contribution in [0.1, 0.15) is 22.7 Å². The highest BCUT2D eigenvalue weighted by Gasteiger charge is 2.25. The van der Waals surface area contributed by atoms with Gasteiger partial charge in [0.25, 0.3) is 0 Å². The number of aromatic hydroxyl groups is 1. The molecule has 0 amide bonds. The third kappa shape index (κ3) is 2.32. The van der Waals surface area contributed by atoms with Crippen LogP contribution in [0, 0.1) is 0 Å². The first-order valence-corrected chi connectivity index (χ1v) is 7.25. The Morgan fingerprint density at radius 3 is 2.80 bits per heavy atom. The second-order valence-electron chi connectivity index (χ2n) is 5.61. The number of aryl methyl sites for hydroxylation is 1. The summed E-state index contributed by atoms with van der Waals surface area (Å²) in [7, 11) is 4.21. The summed E-state index contributed by atoms with van der Waals surface area (Å²) in [6.07, 6.45) is 3.03. The summed E-state index contributed by atoms with van der Waals surface area (Å²) < 4.78 is 2.15. The normalized spacial score (nSPS) is 19.6. The van der Waals surface area contributed by atoms with Crippen LogP contribution in [0.15, 0.2) is 30.5 Å². The van der Waals surface area contributed by atoms with Crippen LogP contribution in [0.3, 0.4) is 0 Å². The average Bonchev–Trinajstić information content (AvgIpc) is 2.76. The molecule has 1 aliphatic heterocycles. The molecule has 0 saturated heterocycles. The number of hydrogen-bond donors (Lipinski definition) is 1. The predicted octanol–water partition coefficient (Wildman–Crippen LogP) is 3.00. The van der Waals surface area contributed by atoms with Gasteiger partial charge in [0.15, 0.2) is 0 Å². The highest BCUT2D eigenvalue weighted by Crippen LogP contribution is 2.36. The van der Waals surface area contributed by atoms with Gasteiger partial charge in [-0.1, -0.05) is 11.6 Å². The average molecular weight is 291 g/mol. The quantitative estimate of drug-likeness (QED) is 0.874. The van der Waals surface area contributed by atoms with E-state index in [0.717, 1.165) is 19.5 Å². The molecule has 0 aliphatic carbocycles. The molecule has 2 aromatic rings. The fourth-order valence-corrected chi connectivity index (χ4v) is 3.25. The van der Waals surface area contributed by atoms with Gasteiger partial charge in [-0.25, -0.2) is 0 Å². The molecule has 1 N–H and O–H groups in total. The number of aromatic nitrogens is 1. The van der Waals surface area contributed by atoms with E-state index >= 15 is 0 Å². The van der Waals surface area contributed by atoms with Gasteiger partial charge in [-0.15, -0.1) is 0 Å². The summed E-state index contributed by atoms with van der Waals surface area (Å²) in [6.45, 7) is 1.96. The van der Waals surface area contributed by atoms with Crippen LogP contribution < -0.4 is 0 Å². The van der Waals surface area contributed by atoms with Gasteiger partial charge in [0, 0.05) is 37.9 Å². The maximum absolute atomic E-state index is 9.97. The van der Waals surface area contributed by atoms with Crippen LogP contribution in [0.4, 0.5) is 0 Å². The van der Waals surface area contributed by atoms with E-state index in [9.17, 15) is 5.11 Å². The third-order valence-electron chi connectivity index (χ3n) is 4.18. The second kappa shape index (κ2) is 5.15. The van der Waals surface area contributed by atoms with Gasteiger partial charge in [0.1, 0.15) is 5.75 Å². The number of benzene rings is 1. The van der Waals surface area contributed by atoms with Crippen molar-refractivity contribution in [2.24, 2.45) is 7.05 Å². The number of nitrogens with zero attached hydrogens (tertiary/aromatic N) is 2. The zero-order chi connectivity index (χ0) is 14.3. The zero-order valence-corrected chi connectivity index (χ0v) is 12.6. The SMILES string of the molecule is CN1CCc2cc(Cl)c(O)cc2C(c2cccn2C)C1. The topological polar surface area (TPSA) is 28.4 Å². The van der Waals surface area contributed by atoms with Gasteiger partial charge in [-0.2, -0.15) is 0 Å². The fourth-order valence-electron chi connectivity index (χ4n) is 3.06. The molecule has 1 unspecified atom stereocenters. The van der Waals surface area contributed by atoms with Crippen molar-refractivity contribution in [3.05, 3.63) is 52.3 Å². The number of fused-ring (bicyclic) bond motifs is 1. The molecule has 20 heavy (non-hydrogen) atoms. The molecule has 2 heterocycles. The van der Waals surface area contributed by atoms with Crippen molar-refractivity contribution in [2.75, 3.05) is 20.1 Å². The van der Waals surface area contributed by atoms with Crippen molar-refractivity contribution in [2.45, 2.75) is 12.3 Å². The Labute approximate surface area is 124 Å². The van der Waals surface area contributed by atoms with E-state index in [-0.39, 0.29) is 11.7 Å². The van der Waals surface area contributed by atoms with Crippen molar-refractivity contribution in [1.29, 1.82) is 0 Å².